The molecule has 7 heteroatoms. The van der Waals surface area contributed by atoms with Gasteiger partial charge in [-0.3, -0.25) is 0 Å². The molecule has 0 radical (unpaired) electrons. The number of hydrogen-bond donors (Lipinski definition) is 2. The van der Waals surface area contributed by atoms with Gasteiger partial charge in [0.25, 0.3) is 0 Å². The fourth-order valence-electron chi connectivity index (χ4n) is 2.43. The summed E-state index contributed by atoms with van der Waals surface area (Å²) in [7, 11) is 0. The fraction of sp³-hybridized carbons (Fsp3) is 0.444. The second kappa shape index (κ2) is 11.3. The Labute approximate surface area is 203 Å². The van der Waals surface area contributed by atoms with Crippen LogP contribution >= 0.6 is 24.4 Å². The molecule has 25 heavy (non-hydrogen) atoms. The van der Waals surface area contributed by atoms with Crippen molar-refractivity contribution in [3.05, 3.63) is 48.6 Å². The Morgan fingerprint density at radius 1 is 0.800 bits per heavy atom. The second-order valence-electron chi connectivity index (χ2n) is 6.46. The molecule has 0 aromatic heterocycles. The van der Waals surface area contributed by atoms with Crippen LogP contribution in [0, 0.1) is 11.8 Å². The normalized spacial score (nSPS) is 32.0. The Kier molecular flexibility index (Phi) is 11.5. The molecule has 0 saturated heterocycles. The summed E-state index contributed by atoms with van der Waals surface area (Å²) in [5.74, 6) is 0.840. The average molecular weight is 437 g/mol. The van der Waals surface area contributed by atoms with E-state index in [2.05, 4.69) is 62.6 Å². The predicted molar refractivity (Wildman–Crippen MR) is 124 cm³/mol. The minimum atomic E-state index is -0.104. The van der Waals surface area contributed by atoms with Gasteiger partial charge in [-0.1, -0.05) is 71.1 Å². The minimum Gasteiger partial charge on any atom is -0.412 e. The van der Waals surface area contributed by atoms with E-state index in [1.165, 1.54) is 0 Å². The third-order valence-corrected chi connectivity index (χ3v) is 4.95. The smallest absolute Gasteiger partial charge is 0.412 e. The molecule has 2 aliphatic rings. The first-order chi connectivity index (χ1) is 11.1. The maximum Gasteiger partial charge on any atom is 2.00 e. The van der Waals surface area contributed by atoms with E-state index in [0.29, 0.717) is 20.5 Å². The van der Waals surface area contributed by atoms with Gasteiger partial charge in [0, 0.05) is 11.8 Å². The fourth-order valence-corrected chi connectivity index (χ4v) is 3.31. The van der Waals surface area contributed by atoms with Crippen LogP contribution in [0.2, 0.25) is 0 Å². The molecule has 0 spiro atoms. The van der Waals surface area contributed by atoms with E-state index in [1.807, 2.05) is 24.3 Å². The molecule has 2 nitrogen and oxygen atoms in total. The van der Waals surface area contributed by atoms with Gasteiger partial charge in [-0.05, 0) is 13.8 Å². The molecule has 2 N–H and O–H groups in total. The Balaban J connectivity index is 0.000000443. The van der Waals surface area contributed by atoms with Gasteiger partial charge in [-0.2, -0.15) is 0 Å². The third-order valence-electron chi connectivity index (χ3n) is 4.54. The van der Waals surface area contributed by atoms with Crippen LogP contribution in [-0.2, 0) is 25.3 Å². The molecule has 0 saturated carbocycles. The van der Waals surface area contributed by atoms with Gasteiger partial charge in [0.05, 0.1) is 11.1 Å². The van der Waals surface area contributed by atoms with Crippen molar-refractivity contribution in [2.75, 3.05) is 0 Å². The van der Waals surface area contributed by atoms with Crippen LogP contribution in [0.25, 0.3) is 0 Å². The van der Waals surface area contributed by atoms with Crippen molar-refractivity contribution >= 4 is 96.1 Å². The molecule has 0 aliphatic heterocycles. The van der Waals surface area contributed by atoms with Crippen molar-refractivity contribution in [3.8, 4) is 0 Å². The first-order valence-corrected chi connectivity index (χ1v) is 9.43. The van der Waals surface area contributed by atoms with Gasteiger partial charge in [0.15, 0.2) is 0 Å². The van der Waals surface area contributed by atoms with Gasteiger partial charge in [0.1, 0.15) is 0 Å². The maximum atomic E-state index is 4.85. The van der Waals surface area contributed by atoms with E-state index in [4.69, 9.17) is 49.7 Å². The Bertz CT molecular complexity index is 548. The van der Waals surface area contributed by atoms with E-state index < -0.39 is 0 Å². The molecule has 0 bridgehead atoms. The first-order valence-electron chi connectivity index (χ1n) is 7.79. The van der Waals surface area contributed by atoms with E-state index in [0.717, 1.165) is 0 Å². The number of nitrogens with one attached hydrogen (secondary N) is 2. The molecular formula is C18H24CaN2S4. The van der Waals surface area contributed by atoms with Crippen molar-refractivity contribution in [2.45, 2.75) is 38.8 Å². The largest absolute Gasteiger partial charge is 2.00 e. The molecule has 132 valence electrons. The van der Waals surface area contributed by atoms with Crippen molar-refractivity contribution in [2.24, 2.45) is 11.8 Å². The summed E-state index contributed by atoms with van der Waals surface area (Å²) >= 11 is 19.4. The summed E-state index contributed by atoms with van der Waals surface area (Å²) in [6.45, 7) is 8.47. The number of thiocarbonyl (C=S) groups is 2. The monoisotopic (exact) mass is 436 g/mol. The number of rotatable bonds is 2. The molecule has 0 aromatic rings. The van der Waals surface area contributed by atoms with E-state index in [9.17, 15) is 0 Å². The zero-order chi connectivity index (χ0) is 18.4. The van der Waals surface area contributed by atoms with Gasteiger partial charge < -0.3 is 60.3 Å². The summed E-state index contributed by atoms with van der Waals surface area (Å²) in [5, 5.41) is 6.23. The third kappa shape index (κ3) is 8.33. The predicted octanol–water partition coefficient (Wildman–Crippen LogP) is 3.48. The zero-order valence-electron chi connectivity index (χ0n) is 15.1. The van der Waals surface area contributed by atoms with Crippen molar-refractivity contribution < 1.29 is 0 Å². The van der Waals surface area contributed by atoms with Gasteiger partial charge in [-0.15, -0.1) is 0 Å². The maximum absolute atomic E-state index is 4.85. The van der Waals surface area contributed by atoms with Crippen LogP contribution in [0.4, 0.5) is 0 Å². The first kappa shape index (κ1) is 25.4. The standard InChI is InChI=1S/2C9H13NS2.Ca/c2*1-7-5-3-4-6-9(7,2)10-8(11)12;/h2*3-7H,1-2H3,(H2,10,11,12);/q;;+2/p-2. The Morgan fingerprint density at radius 2 is 1.12 bits per heavy atom. The molecule has 4 unspecified atom stereocenters. The second-order valence-corrected chi connectivity index (χ2v) is 8.61. The molecule has 2 aliphatic carbocycles. The van der Waals surface area contributed by atoms with E-state index in [1.54, 1.807) is 0 Å². The SMILES string of the molecule is CC1C=CC=CC1(C)NC(=S)[S-].CC1C=CC=CC1(C)NC(=S)[S-].[Ca+2]. The minimum absolute atomic E-state index is 0. The van der Waals surface area contributed by atoms with Gasteiger partial charge >= 0.3 is 37.7 Å². The number of hydrogen-bond acceptors (Lipinski definition) is 4. The molecule has 4 atom stereocenters. The van der Waals surface area contributed by atoms with Crippen LogP contribution in [0.1, 0.15) is 27.7 Å². The van der Waals surface area contributed by atoms with E-state index in [-0.39, 0.29) is 48.8 Å². The van der Waals surface area contributed by atoms with Crippen LogP contribution in [0.5, 0.6) is 0 Å². The molecular weight excluding hydrogens is 413 g/mol. The summed E-state index contributed by atoms with van der Waals surface area (Å²) in [6.07, 6.45) is 16.6. The van der Waals surface area contributed by atoms with Crippen LogP contribution in [0.3, 0.4) is 0 Å². The molecule has 0 amide bonds. The van der Waals surface area contributed by atoms with Crippen molar-refractivity contribution in [3.63, 3.8) is 0 Å². The van der Waals surface area contributed by atoms with Crippen LogP contribution in [0.15, 0.2) is 48.6 Å². The zero-order valence-corrected chi connectivity index (χ0v) is 20.6. The average Bonchev–Trinajstić information content (AvgIpc) is 2.45. The Hall–Kier alpha value is 0.440. The van der Waals surface area contributed by atoms with Crippen LogP contribution < -0.4 is 10.6 Å². The quantitative estimate of drug-likeness (QED) is 0.391. The summed E-state index contributed by atoms with van der Waals surface area (Å²) in [6, 6.07) is 0. The van der Waals surface area contributed by atoms with Gasteiger partial charge in [-0.25, -0.2) is 0 Å². The number of allylic oxidation sites excluding steroid dienone is 4. The summed E-state index contributed by atoms with van der Waals surface area (Å²) in [4.78, 5) is 0. The van der Waals surface area contributed by atoms with E-state index >= 15 is 0 Å². The van der Waals surface area contributed by atoms with Crippen molar-refractivity contribution in [1.82, 2.24) is 10.6 Å². The van der Waals surface area contributed by atoms with Crippen molar-refractivity contribution in [1.29, 1.82) is 0 Å². The molecule has 0 fully saturated rings. The van der Waals surface area contributed by atoms with Gasteiger partial charge in [0.2, 0.25) is 0 Å². The molecule has 0 aromatic carbocycles. The van der Waals surface area contributed by atoms with Crippen LogP contribution in [-0.4, -0.2) is 57.5 Å². The summed E-state index contributed by atoms with van der Waals surface area (Å²) < 4.78 is 0.869. The molecule has 2 rings (SSSR count). The topological polar surface area (TPSA) is 24.1 Å². The summed E-state index contributed by atoms with van der Waals surface area (Å²) in [5.41, 5.74) is -0.207. The Morgan fingerprint density at radius 3 is 1.36 bits per heavy atom. The molecule has 0 heterocycles.